The first-order valence-corrected chi connectivity index (χ1v) is 11.2. The second kappa shape index (κ2) is 8.18. The van der Waals surface area contributed by atoms with Gasteiger partial charge in [-0.15, -0.1) is 0 Å². The van der Waals surface area contributed by atoms with E-state index in [9.17, 15) is 8.42 Å². The maximum atomic E-state index is 13.3. The first kappa shape index (κ1) is 19.9. The van der Waals surface area contributed by atoms with Gasteiger partial charge in [0.15, 0.2) is 0 Å². The molecule has 0 amide bonds. The van der Waals surface area contributed by atoms with Crippen LogP contribution in [0.4, 0.5) is 0 Å². The number of halogens is 1. The monoisotopic (exact) mass is 431 g/mol. The Hall–Kier alpha value is -2.35. The molecule has 6 nitrogen and oxygen atoms in total. The Bertz CT molecular complexity index is 1090. The van der Waals surface area contributed by atoms with E-state index in [0.29, 0.717) is 23.1 Å². The number of sulfonamides is 1. The third-order valence-corrected chi connectivity index (χ3v) is 7.11. The average molecular weight is 432 g/mol. The molecule has 29 heavy (non-hydrogen) atoms. The molecular weight excluding hydrogens is 410 g/mol. The first-order valence-electron chi connectivity index (χ1n) is 9.38. The maximum Gasteiger partial charge on any atom is 0.243 e. The van der Waals surface area contributed by atoms with E-state index in [2.05, 4.69) is 4.98 Å². The number of ether oxygens (including phenoxy) is 1. The Balaban J connectivity index is 1.59. The maximum absolute atomic E-state index is 13.3. The molecular formula is C21H22ClN3O3S. The molecule has 1 aliphatic carbocycles. The molecule has 4 rings (SSSR count). The van der Waals surface area contributed by atoms with Crippen molar-refractivity contribution in [1.29, 1.82) is 0 Å². The van der Waals surface area contributed by atoms with Gasteiger partial charge in [-0.25, -0.2) is 13.4 Å². The molecule has 152 valence electrons. The van der Waals surface area contributed by atoms with Gasteiger partial charge in [0.1, 0.15) is 11.6 Å². The van der Waals surface area contributed by atoms with Crippen molar-refractivity contribution >= 4 is 21.6 Å². The van der Waals surface area contributed by atoms with Crippen LogP contribution in [0.15, 0.2) is 65.8 Å². The second-order valence-electron chi connectivity index (χ2n) is 7.06. The SMILES string of the molecule is COc1ccc(S(=O)(=O)N(Cc2nccn2Cc2cccc(Cl)c2)C2CC2)cc1. The Morgan fingerprint density at radius 2 is 1.97 bits per heavy atom. The number of methoxy groups -OCH3 is 1. The summed E-state index contributed by atoms with van der Waals surface area (Å²) < 4.78 is 35.2. The fraction of sp³-hybridized carbons (Fsp3) is 0.286. The van der Waals surface area contributed by atoms with Crippen molar-refractivity contribution in [3.63, 3.8) is 0 Å². The Kier molecular flexibility index (Phi) is 5.63. The van der Waals surface area contributed by atoms with Gasteiger partial charge in [-0.05, 0) is 54.8 Å². The molecule has 0 saturated heterocycles. The van der Waals surface area contributed by atoms with Gasteiger partial charge in [-0.2, -0.15) is 4.31 Å². The highest BCUT2D eigenvalue weighted by Crippen LogP contribution is 2.33. The van der Waals surface area contributed by atoms with Crippen LogP contribution in [0, 0.1) is 0 Å². The highest BCUT2D eigenvalue weighted by Gasteiger charge is 2.38. The van der Waals surface area contributed by atoms with E-state index < -0.39 is 10.0 Å². The van der Waals surface area contributed by atoms with Crippen molar-refractivity contribution in [2.24, 2.45) is 0 Å². The number of rotatable bonds is 8. The normalized spacial score (nSPS) is 14.3. The standard InChI is InChI=1S/C21H22ClN3O3S/c1-28-19-7-9-20(10-8-19)29(26,27)25(18-5-6-18)15-21-23-11-12-24(21)14-16-3-2-4-17(22)13-16/h2-4,7-13,18H,5-6,14-15H2,1H3. The zero-order valence-corrected chi connectivity index (χ0v) is 17.6. The van der Waals surface area contributed by atoms with Gasteiger partial charge in [0.2, 0.25) is 10.0 Å². The largest absolute Gasteiger partial charge is 0.497 e. The molecule has 0 radical (unpaired) electrons. The molecule has 0 unspecified atom stereocenters. The van der Waals surface area contributed by atoms with E-state index in [1.165, 1.54) is 0 Å². The third-order valence-electron chi connectivity index (χ3n) is 4.96. The summed E-state index contributed by atoms with van der Waals surface area (Å²) in [5, 5.41) is 0.672. The van der Waals surface area contributed by atoms with Crippen LogP contribution in [0.1, 0.15) is 24.2 Å². The molecule has 2 aromatic carbocycles. The number of hydrogen-bond donors (Lipinski definition) is 0. The quantitative estimate of drug-likeness (QED) is 0.541. The van der Waals surface area contributed by atoms with Gasteiger partial charge in [0, 0.05) is 30.0 Å². The number of benzene rings is 2. The predicted octanol–water partition coefficient (Wildman–Crippen LogP) is 3.95. The predicted molar refractivity (Wildman–Crippen MR) is 112 cm³/mol. The van der Waals surface area contributed by atoms with E-state index in [-0.39, 0.29) is 17.5 Å². The molecule has 1 saturated carbocycles. The topological polar surface area (TPSA) is 64.4 Å². The Labute approximate surface area is 175 Å². The minimum atomic E-state index is -3.63. The molecule has 8 heteroatoms. The third kappa shape index (κ3) is 4.47. The zero-order chi connectivity index (χ0) is 20.4. The lowest BCUT2D eigenvalue weighted by Gasteiger charge is -2.22. The number of nitrogens with zero attached hydrogens (tertiary/aromatic N) is 3. The molecule has 0 spiro atoms. The van der Waals surface area contributed by atoms with Crippen LogP contribution in [0.3, 0.4) is 0 Å². The lowest BCUT2D eigenvalue weighted by atomic mass is 10.2. The van der Waals surface area contributed by atoms with Crippen molar-refractivity contribution in [3.05, 3.63) is 77.3 Å². The summed E-state index contributed by atoms with van der Waals surface area (Å²) >= 11 is 6.09. The Morgan fingerprint density at radius 3 is 2.62 bits per heavy atom. The van der Waals surface area contributed by atoms with E-state index in [1.54, 1.807) is 41.9 Å². The molecule has 1 heterocycles. The summed E-state index contributed by atoms with van der Waals surface area (Å²) in [6.45, 7) is 0.809. The molecule has 0 aliphatic heterocycles. The number of imidazole rings is 1. The molecule has 0 bridgehead atoms. The molecule has 1 aromatic heterocycles. The number of hydrogen-bond acceptors (Lipinski definition) is 4. The zero-order valence-electron chi connectivity index (χ0n) is 16.0. The summed E-state index contributed by atoms with van der Waals surface area (Å²) in [6, 6.07) is 14.1. The van der Waals surface area contributed by atoms with Gasteiger partial charge >= 0.3 is 0 Å². The second-order valence-corrected chi connectivity index (χ2v) is 9.39. The lowest BCUT2D eigenvalue weighted by molar-refractivity contribution is 0.383. The molecule has 3 aromatic rings. The van der Waals surface area contributed by atoms with Crippen LogP contribution < -0.4 is 4.74 Å². The summed E-state index contributed by atoms with van der Waals surface area (Å²) in [5.74, 6) is 1.33. The van der Waals surface area contributed by atoms with Crippen LogP contribution in [0.5, 0.6) is 5.75 Å². The molecule has 1 aliphatic rings. The highest BCUT2D eigenvalue weighted by molar-refractivity contribution is 7.89. The first-order chi connectivity index (χ1) is 14.0. The smallest absolute Gasteiger partial charge is 0.243 e. The van der Waals surface area contributed by atoms with Crippen LogP contribution in [-0.2, 0) is 23.1 Å². The van der Waals surface area contributed by atoms with Crippen molar-refractivity contribution in [3.8, 4) is 5.75 Å². The average Bonchev–Trinajstić information content (AvgIpc) is 3.46. The minimum Gasteiger partial charge on any atom is -0.497 e. The van der Waals surface area contributed by atoms with E-state index in [0.717, 1.165) is 18.4 Å². The number of aromatic nitrogens is 2. The van der Waals surface area contributed by atoms with Gasteiger partial charge < -0.3 is 9.30 Å². The van der Waals surface area contributed by atoms with Gasteiger partial charge in [-0.1, -0.05) is 23.7 Å². The summed E-state index contributed by atoms with van der Waals surface area (Å²) in [7, 11) is -2.08. The highest BCUT2D eigenvalue weighted by atomic mass is 35.5. The molecule has 0 N–H and O–H groups in total. The van der Waals surface area contributed by atoms with E-state index >= 15 is 0 Å². The van der Waals surface area contributed by atoms with Crippen LogP contribution in [0.25, 0.3) is 0 Å². The molecule has 1 fully saturated rings. The van der Waals surface area contributed by atoms with Gasteiger partial charge in [0.05, 0.1) is 18.6 Å². The van der Waals surface area contributed by atoms with Gasteiger partial charge in [0.25, 0.3) is 0 Å². The van der Waals surface area contributed by atoms with Crippen molar-refractivity contribution in [1.82, 2.24) is 13.9 Å². The van der Waals surface area contributed by atoms with Crippen LogP contribution >= 0.6 is 11.6 Å². The minimum absolute atomic E-state index is 0.0124. The fourth-order valence-corrected chi connectivity index (χ4v) is 5.12. The van der Waals surface area contributed by atoms with Gasteiger partial charge in [-0.3, -0.25) is 0 Å². The van der Waals surface area contributed by atoms with E-state index in [4.69, 9.17) is 16.3 Å². The fourth-order valence-electron chi connectivity index (χ4n) is 3.26. The van der Waals surface area contributed by atoms with Crippen LogP contribution in [-0.4, -0.2) is 35.4 Å². The van der Waals surface area contributed by atoms with Crippen molar-refractivity contribution in [2.45, 2.75) is 36.9 Å². The Morgan fingerprint density at radius 1 is 1.21 bits per heavy atom. The lowest BCUT2D eigenvalue weighted by Crippen LogP contribution is -2.33. The van der Waals surface area contributed by atoms with Crippen LogP contribution in [0.2, 0.25) is 5.02 Å². The summed E-state index contributed by atoms with van der Waals surface area (Å²) in [4.78, 5) is 4.69. The molecule has 0 atom stereocenters. The van der Waals surface area contributed by atoms with Crippen molar-refractivity contribution in [2.75, 3.05) is 7.11 Å². The summed E-state index contributed by atoms with van der Waals surface area (Å²) in [6.07, 6.45) is 5.29. The summed E-state index contributed by atoms with van der Waals surface area (Å²) in [5.41, 5.74) is 1.03. The van der Waals surface area contributed by atoms with E-state index in [1.807, 2.05) is 35.0 Å². The van der Waals surface area contributed by atoms with Crippen molar-refractivity contribution < 1.29 is 13.2 Å².